The number of ether oxygens (including phenoxy) is 27. The quantitative estimate of drug-likeness (QED) is 0.0518. The molecule has 30 atom stereocenters. The molecular weight excluding hydrogens is 1670 g/mol. The molecule has 0 unspecified atom stereocenters. The summed E-state index contributed by atoms with van der Waals surface area (Å²) in [7, 11) is -1.00. The van der Waals surface area contributed by atoms with Gasteiger partial charge in [0.2, 0.25) is 37.6 Å². The van der Waals surface area contributed by atoms with Gasteiger partial charge in [-0.15, -0.1) is 0 Å². The van der Waals surface area contributed by atoms with Crippen molar-refractivity contribution in [3.63, 3.8) is 0 Å². The number of hydrogen-bond acceptors (Lipinski definition) is 39. The van der Waals surface area contributed by atoms with E-state index in [2.05, 4.69) is 0 Å². The molecule has 0 amide bonds. The molecule has 0 saturated carbocycles. The Balaban J connectivity index is 0.000000135. The number of aliphatic hydroxyl groups excluding tert-OH is 6. The van der Waals surface area contributed by atoms with Gasteiger partial charge in [-0.05, 0) is 144 Å². The summed E-state index contributed by atoms with van der Waals surface area (Å²) in [6.07, 6.45) is -28.8. The van der Waals surface area contributed by atoms with Gasteiger partial charge in [-0.1, -0.05) is 0 Å². The van der Waals surface area contributed by atoms with Crippen LogP contribution in [0.25, 0.3) is 0 Å². The van der Waals surface area contributed by atoms with Crippen molar-refractivity contribution in [2.75, 3.05) is 102 Å². The highest BCUT2D eigenvalue weighted by atomic mass is 16.8. The molecule has 39 nitrogen and oxygen atoms in total. The zero-order valence-corrected chi connectivity index (χ0v) is 67.5. The van der Waals surface area contributed by atoms with Crippen LogP contribution in [0.15, 0.2) is 72.8 Å². The van der Waals surface area contributed by atoms with Crippen molar-refractivity contribution in [1.29, 1.82) is 0 Å². The topological polar surface area (TPSA) is 482 Å². The Bertz CT molecular complexity index is 5780. The van der Waals surface area contributed by atoms with Crippen molar-refractivity contribution in [3.05, 3.63) is 123 Å². The molecule has 3 aliphatic carbocycles. The molecule has 126 heavy (non-hydrogen) atoms. The van der Waals surface area contributed by atoms with E-state index in [0.717, 1.165) is 12.1 Å². The van der Waals surface area contributed by atoms with Gasteiger partial charge in [0.15, 0.2) is 107 Å². The van der Waals surface area contributed by atoms with E-state index in [4.69, 9.17) is 144 Å². The normalized spacial score (nSPS) is 41.4. The molecule has 9 fully saturated rings. The average molecular weight is 1780 g/mol. The van der Waals surface area contributed by atoms with Gasteiger partial charge in [-0.25, -0.2) is 0 Å². The van der Waals surface area contributed by atoms with Crippen LogP contribution in [-0.2, 0) is 85.4 Å². The molecule has 9 N–H and O–H groups in total. The number of esters is 3. The molecule has 39 heteroatoms. The summed E-state index contributed by atoms with van der Waals surface area (Å²) in [5.41, 5.74) is 1.66. The van der Waals surface area contributed by atoms with Crippen LogP contribution in [-0.4, -0.2) is 277 Å². The van der Waals surface area contributed by atoms with E-state index in [1.165, 1.54) is 66.6 Å². The van der Waals surface area contributed by atoms with Crippen LogP contribution >= 0.6 is 0 Å². The Morgan fingerprint density at radius 2 is 0.706 bits per heavy atom. The zero-order valence-electron chi connectivity index (χ0n) is 82.5. The van der Waals surface area contributed by atoms with Crippen molar-refractivity contribution in [2.24, 2.45) is 35.5 Å². The predicted octanol–water partition coefficient (Wildman–Crippen LogP) is 4.02. The molecule has 0 spiro atoms. The van der Waals surface area contributed by atoms with Gasteiger partial charge in [0.1, 0.15) is 73.2 Å². The van der Waals surface area contributed by atoms with Gasteiger partial charge in [0, 0.05) is 39.6 Å². The van der Waals surface area contributed by atoms with Crippen molar-refractivity contribution in [2.45, 2.75) is 168 Å². The third-order valence-corrected chi connectivity index (χ3v) is 24.6. The molecule has 6 aromatic rings. The smallest absolute Gasteiger partial charge is 0.310 e. The molecule has 0 bridgehead atoms. The summed E-state index contributed by atoms with van der Waals surface area (Å²) in [6, 6.07) is 16.8. The van der Waals surface area contributed by atoms with Crippen LogP contribution in [0.2, 0.25) is 0 Å². The maximum Gasteiger partial charge on any atom is 0.310 e. The molecule has 12 heterocycles. The van der Waals surface area contributed by atoms with E-state index in [1.54, 1.807) is 43.3 Å². The Labute approximate surface area is 739 Å². The minimum absolute atomic E-state index is 0.0000888. The Morgan fingerprint density at radius 1 is 0.357 bits per heavy atom. The molecule has 12 aliphatic heterocycles. The number of carbonyl (C=O) groups is 3. The summed E-state index contributed by atoms with van der Waals surface area (Å²) in [6.45, 7) is -4.05. The molecule has 6 aromatic carbocycles. The first kappa shape index (κ1) is 69.1. The SMILES string of the molecule is [2H]C([2H])([2H])Oc1cc([C@]2([2H])c3cc4c(cc3[C@@H](O[C@@H]3O[C@@H]5CO[C@@H](C)O[C@H]5[C@H](O)[C@H]3O)[C@H]3C([2H])([2H])OC(=O)[C@@]32[2H])OCO4)cc(OC([2H])([2H])[2H])c1O.[2H]C1([2H])O[C@@H](C)O[C@H]2[C@H](O)[C@@H](O)[C@H](O[C@@H]3c4cc5c(cc4[C@@H](c4cc(OC)c(O)c(OC)c4)[C@H]4C(=O)OC[C@@H]43)OCO5)O[C@@H]21.[2H]C1([2H])O[C@@H](C)O[C@H]2[C@H](O)[C@@H](O)[C@H](O[C@@H]3c4cc5c(cc4[C@@]([2H])(c4cc(OC)c(O)c(OC)c4)[C@H]4C(=O)OC[C@H]34)OCO5)O[C@@H]21. The first-order valence-corrected chi connectivity index (χ1v) is 39.9. The molecule has 21 rings (SSSR count). The Hall–Kier alpha value is -9.99. The molecule has 15 aliphatic rings. The van der Waals surface area contributed by atoms with Crippen molar-refractivity contribution >= 4 is 17.9 Å². The lowest BCUT2D eigenvalue weighted by atomic mass is 9.66. The van der Waals surface area contributed by atoms with Gasteiger partial charge >= 0.3 is 17.9 Å². The van der Waals surface area contributed by atoms with E-state index < -0.39 is 257 Å². The highest BCUT2D eigenvalue weighted by molar-refractivity contribution is 5.81. The minimum atomic E-state index is -3.25. The lowest BCUT2D eigenvalue weighted by molar-refractivity contribution is -0.364. The van der Waals surface area contributed by atoms with Crippen LogP contribution in [0.3, 0.4) is 0 Å². The fourth-order valence-corrected chi connectivity index (χ4v) is 18.7. The standard InChI is InChI=1S/3C29H32O13/c3*1-11-36-9-20-27(40-11)24(31)25(32)29(41-20)42-26-14-7-17-16(38-10-39-17)6-13(14)21(22-15(26)8-37-28(22)33)12-4-18(34-2)23(30)19(5-12)35-3/h3*4-7,11,15,20-22,24-27,29-32H,8-10H2,1-3H3/t3*11-,15+,20-,21-,22+,24-,25-,26-,27-,29+/m111/s1/i2D3,3D3,8D2,21D,22D;9D2,21D;9D2. The van der Waals surface area contributed by atoms with E-state index in [1.807, 2.05) is 0 Å². The van der Waals surface area contributed by atoms with Crippen LogP contribution in [0.5, 0.6) is 86.2 Å². The summed E-state index contributed by atoms with van der Waals surface area (Å²) in [5.74, 6) is -18.3. The zero-order chi connectivity index (χ0) is 101. The predicted molar refractivity (Wildman–Crippen MR) is 415 cm³/mol. The van der Waals surface area contributed by atoms with Gasteiger partial charge in [0.25, 0.3) is 0 Å². The van der Waals surface area contributed by atoms with Gasteiger partial charge in [-0.3, -0.25) is 14.4 Å². The van der Waals surface area contributed by atoms with Crippen molar-refractivity contribution in [3.8, 4) is 86.2 Å². The lowest BCUT2D eigenvalue weighted by Crippen LogP contribution is -2.63. The second-order valence-electron chi connectivity index (χ2n) is 31.5. The number of hydrogen-bond donors (Lipinski definition) is 9. The van der Waals surface area contributed by atoms with E-state index in [9.17, 15) is 64.5 Å². The molecule has 678 valence electrons. The summed E-state index contributed by atoms with van der Waals surface area (Å²) in [5, 5.41) is 98.3. The molecule has 0 radical (unpaired) electrons. The number of phenols is 3. The fraction of sp³-hybridized carbons (Fsp3) is 0.552. The van der Waals surface area contributed by atoms with Crippen LogP contribution < -0.4 is 56.8 Å². The molecular formula is C87H96O39. The first-order valence-electron chi connectivity index (χ1n) is 47.4. The number of cyclic esters (lactones) is 3. The number of fused-ring (bicyclic) bond motifs is 12. The van der Waals surface area contributed by atoms with Crippen LogP contribution in [0, 0.1) is 35.5 Å². The molecule has 0 aromatic heterocycles. The number of phenolic OH excluding ortho intramolecular Hbond substituents is 3. The third-order valence-electron chi connectivity index (χ3n) is 24.6. The second-order valence-corrected chi connectivity index (χ2v) is 31.5. The number of aromatic hydroxyl groups is 3. The average Bonchev–Trinajstić information content (AvgIpc) is 1.52. The fourth-order valence-electron chi connectivity index (χ4n) is 18.7. The van der Waals surface area contributed by atoms with E-state index in [-0.39, 0.29) is 108 Å². The number of benzene rings is 6. The van der Waals surface area contributed by atoms with E-state index in [0.29, 0.717) is 45.3 Å². The number of aliphatic hydroxyl groups is 6. The number of methoxy groups -OCH3 is 6. The lowest BCUT2D eigenvalue weighted by Gasteiger charge is -2.47. The van der Waals surface area contributed by atoms with E-state index >= 15 is 0 Å². The second kappa shape index (κ2) is 34.2. The van der Waals surface area contributed by atoms with Gasteiger partial charge < -0.3 is 174 Å². The van der Waals surface area contributed by atoms with Crippen molar-refractivity contribution < 1.29 is 209 Å². The van der Waals surface area contributed by atoms with Crippen molar-refractivity contribution in [1.82, 2.24) is 0 Å². The summed E-state index contributed by atoms with van der Waals surface area (Å²) >= 11 is 0. The highest BCUT2D eigenvalue weighted by Gasteiger charge is 2.61. The van der Waals surface area contributed by atoms with Crippen LogP contribution in [0.4, 0.5) is 0 Å². The van der Waals surface area contributed by atoms with Crippen LogP contribution in [0.1, 0.15) is 127 Å². The first-order chi connectivity index (χ1) is 66.4. The maximum absolute atomic E-state index is 13.9. The number of rotatable bonds is 15. The number of carbonyl (C=O) groups excluding carboxylic acids is 3. The highest BCUT2D eigenvalue weighted by Crippen LogP contribution is 2.62. The van der Waals surface area contributed by atoms with Gasteiger partial charge in [-0.2, -0.15) is 0 Å². The minimum Gasteiger partial charge on any atom is -0.502 e. The maximum atomic E-state index is 13.9. The summed E-state index contributed by atoms with van der Waals surface area (Å²) in [4.78, 5) is 40.8. The monoisotopic (exact) mass is 1780 g/mol. The molecule has 9 saturated heterocycles. The Morgan fingerprint density at radius 3 is 1.14 bits per heavy atom. The van der Waals surface area contributed by atoms with Gasteiger partial charge in [0.05, 0.1) is 135 Å². The Kier molecular flexibility index (Phi) is 18.8. The third kappa shape index (κ3) is 14.8. The largest absolute Gasteiger partial charge is 0.502 e. The summed E-state index contributed by atoms with van der Waals surface area (Å²) < 4.78 is 277.